The van der Waals surface area contributed by atoms with Crippen molar-refractivity contribution in [2.75, 3.05) is 5.32 Å². The SMILES string of the molecule is CC(O)Cn1ccc(S(=N)(=O)NC(O)Nc2c(-c3ccncc3)cc(F)c3c2CCC3)n1. The molecule has 3 atom stereocenters. The van der Waals surface area contributed by atoms with E-state index in [1.165, 1.54) is 23.0 Å². The number of anilines is 1. The van der Waals surface area contributed by atoms with Crippen molar-refractivity contribution in [1.29, 1.82) is 4.78 Å². The number of rotatable bonds is 8. The zero-order valence-electron chi connectivity index (χ0n) is 17.5. The highest BCUT2D eigenvalue weighted by molar-refractivity contribution is 7.90. The van der Waals surface area contributed by atoms with Crippen LogP contribution in [-0.4, -0.2) is 41.6 Å². The third-order valence-corrected chi connectivity index (χ3v) is 6.62. The van der Waals surface area contributed by atoms with E-state index in [4.69, 9.17) is 4.78 Å². The van der Waals surface area contributed by atoms with Gasteiger partial charge >= 0.3 is 0 Å². The first-order chi connectivity index (χ1) is 15.2. The molecule has 2 aromatic heterocycles. The molecule has 170 valence electrons. The van der Waals surface area contributed by atoms with Crippen LogP contribution in [0, 0.1) is 10.6 Å². The highest BCUT2D eigenvalue weighted by atomic mass is 32.2. The molecular formula is C21H25FN6O3S. The Bertz CT molecular complexity index is 1210. The topological polar surface area (TPSA) is 136 Å². The zero-order valence-corrected chi connectivity index (χ0v) is 18.3. The molecule has 0 aliphatic heterocycles. The maximum absolute atomic E-state index is 14.7. The van der Waals surface area contributed by atoms with Gasteiger partial charge in [-0.05, 0) is 67.1 Å². The average Bonchev–Trinajstić information content (AvgIpc) is 3.40. The number of benzene rings is 1. The molecule has 9 nitrogen and oxygen atoms in total. The second kappa shape index (κ2) is 8.94. The van der Waals surface area contributed by atoms with Crippen LogP contribution in [0.5, 0.6) is 0 Å². The maximum Gasteiger partial charge on any atom is 0.193 e. The number of aromatic nitrogens is 3. The minimum atomic E-state index is -3.65. The predicted molar refractivity (Wildman–Crippen MR) is 117 cm³/mol. The molecule has 0 spiro atoms. The van der Waals surface area contributed by atoms with Gasteiger partial charge in [-0.2, -0.15) is 9.82 Å². The van der Waals surface area contributed by atoms with Crippen molar-refractivity contribution < 1.29 is 18.8 Å². The normalized spacial score (nSPS) is 16.9. The number of halogens is 1. The summed E-state index contributed by atoms with van der Waals surface area (Å²) in [6.07, 6.45) is 4.52. The van der Waals surface area contributed by atoms with Gasteiger partial charge in [0, 0.05) is 29.8 Å². The minimum absolute atomic E-state index is 0.0716. The molecule has 1 aliphatic rings. The molecule has 1 aromatic carbocycles. The summed E-state index contributed by atoms with van der Waals surface area (Å²) >= 11 is 0. The van der Waals surface area contributed by atoms with Crippen molar-refractivity contribution >= 4 is 15.6 Å². The van der Waals surface area contributed by atoms with E-state index in [0.717, 1.165) is 12.0 Å². The number of hydrogen-bond donors (Lipinski definition) is 5. The van der Waals surface area contributed by atoms with Crippen molar-refractivity contribution in [3.05, 3.63) is 59.8 Å². The molecule has 11 heteroatoms. The Hall–Kier alpha value is -2.86. The Morgan fingerprint density at radius 3 is 2.69 bits per heavy atom. The number of nitrogens with zero attached hydrogens (tertiary/aromatic N) is 3. The third-order valence-electron chi connectivity index (χ3n) is 5.26. The van der Waals surface area contributed by atoms with E-state index in [1.807, 2.05) is 0 Å². The summed E-state index contributed by atoms with van der Waals surface area (Å²) in [6.45, 7) is 1.78. The lowest BCUT2D eigenvalue weighted by molar-refractivity contribution is 0.167. The number of nitrogens with one attached hydrogen (secondary N) is 3. The van der Waals surface area contributed by atoms with Crippen LogP contribution in [0.15, 0.2) is 47.9 Å². The van der Waals surface area contributed by atoms with Crippen molar-refractivity contribution in [2.24, 2.45) is 0 Å². The number of aliphatic hydroxyl groups is 2. The van der Waals surface area contributed by atoms with Crippen LogP contribution in [-0.2, 0) is 29.3 Å². The summed E-state index contributed by atoms with van der Waals surface area (Å²) in [7, 11) is -3.65. The van der Waals surface area contributed by atoms with Crippen LogP contribution >= 0.6 is 0 Å². The third kappa shape index (κ3) is 4.65. The Kier molecular flexibility index (Phi) is 6.24. The average molecular weight is 461 g/mol. The fourth-order valence-electron chi connectivity index (χ4n) is 3.91. The standard InChI is InChI=1S/C21H25FN6O3S/c1-13(29)12-28-10-7-19(26-28)32(23,31)27-21(30)25-20-16-4-2-3-15(16)18(22)11-17(20)14-5-8-24-9-6-14/h5-11,13,21,25,29-30H,2-4,12H2,1H3,(H2,23,27,31). The zero-order chi connectivity index (χ0) is 22.9. The molecule has 5 N–H and O–H groups in total. The van der Waals surface area contributed by atoms with Crippen LogP contribution in [0.1, 0.15) is 24.5 Å². The second-order valence-corrected chi connectivity index (χ2v) is 9.54. The molecule has 32 heavy (non-hydrogen) atoms. The first-order valence-corrected chi connectivity index (χ1v) is 11.8. The van der Waals surface area contributed by atoms with E-state index < -0.39 is 22.4 Å². The second-order valence-electron chi connectivity index (χ2n) is 7.77. The molecule has 0 fully saturated rings. The molecule has 0 radical (unpaired) electrons. The molecular weight excluding hydrogens is 435 g/mol. The summed E-state index contributed by atoms with van der Waals surface area (Å²) in [5.41, 5.74) is 3.15. The molecule has 0 bridgehead atoms. The highest BCUT2D eigenvalue weighted by Crippen LogP contribution is 2.39. The lowest BCUT2D eigenvalue weighted by Gasteiger charge is -2.22. The lowest BCUT2D eigenvalue weighted by Crippen LogP contribution is -2.40. The van der Waals surface area contributed by atoms with Gasteiger partial charge in [0.1, 0.15) is 5.82 Å². The van der Waals surface area contributed by atoms with Gasteiger partial charge in [0.15, 0.2) is 21.3 Å². The number of aliphatic hydroxyl groups excluding tert-OH is 2. The van der Waals surface area contributed by atoms with Gasteiger partial charge in [-0.25, -0.2) is 13.4 Å². The molecule has 0 saturated heterocycles. The number of hydrogen-bond acceptors (Lipinski definition) is 7. The van der Waals surface area contributed by atoms with Gasteiger partial charge in [0.2, 0.25) is 0 Å². The monoisotopic (exact) mass is 460 g/mol. The Morgan fingerprint density at radius 1 is 1.25 bits per heavy atom. The van der Waals surface area contributed by atoms with Crippen molar-refractivity contribution in [2.45, 2.75) is 50.2 Å². The lowest BCUT2D eigenvalue weighted by atomic mass is 9.97. The summed E-state index contributed by atoms with van der Waals surface area (Å²) < 4.78 is 39.5. The van der Waals surface area contributed by atoms with Crippen molar-refractivity contribution in [3.8, 4) is 11.1 Å². The quantitative estimate of drug-likeness (QED) is 0.327. The van der Waals surface area contributed by atoms with Crippen LogP contribution < -0.4 is 10.0 Å². The predicted octanol–water partition coefficient (Wildman–Crippen LogP) is 2.25. The van der Waals surface area contributed by atoms with E-state index in [9.17, 15) is 18.8 Å². The molecule has 2 heterocycles. The van der Waals surface area contributed by atoms with Crippen LogP contribution in [0.3, 0.4) is 0 Å². The summed E-state index contributed by atoms with van der Waals surface area (Å²) in [5.74, 6) is -0.301. The Morgan fingerprint density at radius 2 is 1.97 bits per heavy atom. The van der Waals surface area contributed by atoms with Gasteiger partial charge < -0.3 is 15.5 Å². The fraction of sp³-hybridized carbons (Fsp3) is 0.333. The van der Waals surface area contributed by atoms with E-state index in [1.54, 1.807) is 31.5 Å². The summed E-state index contributed by atoms with van der Waals surface area (Å²) in [6, 6.07) is 6.30. The summed E-state index contributed by atoms with van der Waals surface area (Å²) in [5, 5.41) is 27.0. The Labute approximate surface area is 185 Å². The van der Waals surface area contributed by atoms with Crippen LogP contribution in [0.2, 0.25) is 0 Å². The van der Waals surface area contributed by atoms with E-state index in [0.29, 0.717) is 35.2 Å². The van der Waals surface area contributed by atoms with Crippen molar-refractivity contribution in [3.63, 3.8) is 0 Å². The van der Waals surface area contributed by atoms with E-state index in [2.05, 4.69) is 20.1 Å². The Balaban J connectivity index is 1.61. The molecule has 3 unspecified atom stereocenters. The smallest absolute Gasteiger partial charge is 0.193 e. The van der Waals surface area contributed by atoms with E-state index >= 15 is 0 Å². The first kappa shape index (κ1) is 22.3. The number of pyridine rings is 1. The van der Waals surface area contributed by atoms with Crippen molar-refractivity contribution in [1.82, 2.24) is 19.5 Å². The fourth-order valence-corrected chi connectivity index (χ4v) is 4.87. The van der Waals surface area contributed by atoms with Gasteiger partial charge in [-0.1, -0.05) is 0 Å². The molecule has 4 rings (SSSR count). The highest BCUT2D eigenvalue weighted by Gasteiger charge is 2.25. The molecule has 1 aliphatic carbocycles. The molecule has 0 amide bonds. The number of fused-ring (bicyclic) bond motifs is 1. The first-order valence-electron chi connectivity index (χ1n) is 10.2. The van der Waals surface area contributed by atoms with Gasteiger partial charge in [0.25, 0.3) is 0 Å². The van der Waals surface area contributed by atoms with Crippen LogP contribution in [0.4, 0.5) is 10.1 Å². The van der Waals surface area contributed by atoms with E-state index in [-0.39, 0.29) is 17.4 Å². The maximum atomic E-state index is 14.7. The summed E-state index contributed by atoms with van der Waals surface area (Å²) in [4.78, 5) is 3.99. The van der Waals surface area contributed by atoms with Gasteiger partial charge in [0.05, 0.1) is 12.6 Å². The molecule has 3 aromatic rings. The van der Waals surface area contributed by atoms with Gasteiger partial charge in [-0.15, -0.1) is 0 Å². The largest absolute Gasteiger partial charge is 0.391 e. The minimum Gasteiger partial charge on any atom is -0.391 e. The van der Waals surface area contributed by atoms with Gasteiger partial charge in [-0.3, -0.25) is 9.67 Å². The molecule has 0 saturated carbocycles. The van der Waals surface area contributed by atoms with Crippen LogP contribution in [0.25, 0.3) is 11.1 Å².